The Morgan fingerprint density at radius 1 is 1.09 bits per heavy atom. The summed E-state index contributed by atoms with van der Waals surface area (Å²) in [6.45, 7) is 5.07. The van der Waals surface area contributed by atoms with Gasteiger partial charge in [0.2, 0.25) is 11.8 Å². The van der Waals surface area contributed by atoms with Crippen LogP contribution in [0.25, 0.3) is 16.9 Å². The third-order valence-corrected chi connectivity index (χ3v) is 5.55. The first-order chi connectivity index (χ1) is 16.1. The molecule has 1 aliphatic heterocycles. The summed E-state index contributed by atoms with van der Waals surface area (Å²) in [5.74, 6) is 0.00976. The zero-order valence-electron chi connectivity index (χ0n) is 18.5. The third kappa shape index (κ3) is 5.05. The molecule has 1 atom stereocenters. The Bertz CT molecular complexity index is 1190. The summed E-state index contributed by atoms with van der Waals surface area (Å²) >= 11 is 0. The smallest absolute Gasteiger partial charge is 0.406 e. The lowest BCUT2D eigenvalue weighted by Gasteiger charge is -2.35. The van der Waals surface area contributed by atoms with E-state index in [9.17, 15) is 22.8 Å². The van der Waals surface area contributed by atoms with Crippen molar-refractivity contribution in [2.24, 2.45) is 0 Å². The second-order valence-electron chi connectivity index (χ2n) is 7.88. The van der Waals surface area contributed by atoms with Gasteiger partial charge in [0.25, 0.3) is 0 Å². The zero-order chi connectivity index (χ0) is 24.5. The molecule has 0 radical (unpaired) electrons. The number of nitrogens with zero attached hydrogens (tertiary/aromatic N) is 5. The van der Waals surface area contributed by atoms with Crippen molar-refractivity contribution in [3.63, 3.8) is 0 Å². The van der Waals surface area contributed by atoms with E-state index < -0.39 is 12.4 Å². The summed E-state index contributed by atoms with van der Waals surface area (Å²) < 4.78 is 43.1. The van der Waals surface area contributed by atoms with Crippen molar-refractivity contribution < 1.29 is 27.5 Å². The van der Waals surface area contributed by atoms with E-state index in [0.717, 1.165) is 0 Å². The lowest BCUT2D eigenvalue weighted by molar-refractivity contribution is -0.274. The van der Waals surface area contributed by atoms with Crippen molar-refractivity contribution in [1.29, 1.82) is 0 Å². The van der Waals surface area contributed by atoms with Crippen LogP contribution in [-0.2, 0) is 9.59 Å². The minimum Gasteiger partial charge on any atom is -0.406 e. The van der Waals surface area contributed by atoms with E-state index in [4.69, 9.17) is 0 Å². The number of amides is 2. The van der Waals surface area contributed by atoms with Crippen LogP contribution in [-0.4, -0.2) is 74.6 Å². The van der Waals surface area contributed by atoms with Crippen molar-refractivity contribution in [2.75, 3.05) is 31.5 Å². The first-order valence-electron chi connectivity index (χ1n) is 10.6. The third-order valence-electron chi connectivity index (χ3n) is 5.55. The van der Waals surface area contributed by atoms with E-state index in [1.54, 1.807) is 39.7 Å². The molecule has 34 heavy (non-hydrogen) atoms. The number of alkyl halides is 3. The number of fused-ring (bicyclic) bond motifs is 1. The van der Waals surface area contributed by atoms with Gasteiger partial charge in [-0.1, -0.05) is 0 Å². The van der Waals surface area contributed by atoms with Crippen LogP contribution in [0.5, 0.6) is 5.75 Å². The number of benzene rings is 1. The fourth-order valence-electron chi connectivity index (χ4n) is 3.84. The van der Waals surface area contributed by atoms with Gasteiger partial charge in [-0.05, 0) is 31.2 Å². The molecular weight excluding hydrogens is 453 g/mol. The molecule has 1 aliphatic rings. The fraction of sp³-hybridized carbons (Fsp3) is 0.364. The average molecular weight is 476 g/mol. The number of halogens is 3. The summed E-state index contributed by atoms with van der Waals surface area (Å²) in [5, 5.41) is 3.21. The number of hydrogen-bond donors (Lipinski definition) is 1. The first-order valence-corrected chi connectivity index (χ1v) is 10.6. The number of rotatable bonds is 5. The van der Waals surface area contributed by atoms with Gasteiger partial charge in [-0.3, -0.25) is 19.0 Å². The van der Waals surface area contributed by atoms with Crippen molar-refractivity contribution in [3.05, 3.63) is 42.9 Å². The Balaban J connectivity index is 1.57. The highest BCUT2D eigenvalue weighted by Gasteiger charge is 2.31. The molecule has 4 rings (SSSR count). The Hall–Kier alpha value is -3.83. The quantitative estimate of drug-likeness (QED) is 0.609. The summed E-state index contributed by atoms with van der Waals surface area (Å²) in [6.07, 6.45) is 0.00741. The lowest BCUT2D eigenvalue weighted by atomic mass is 10.1. The highest BCUT2D eigenvalue weighted by atomic mass is 19.4. The van der Waals surface area contributed by atoms with Crippen molar-refractivity contribution in [1.82, 2.24) is 24.2 Å². The maximum atomic E-state index is 13.1. The van der Waals surface area contributed by atoms with Gasteiger partial charge in [0.15, 0.2) is 5.65 Å². The normalized spacial score (nSPS) is 15.3. The molecule has 2 amide bonds. The topological polar surface area (TPSA) is 92.1 Å². The fourth-order valence-corrected chi connectivity index (χ4v) is 3.84. The predicted octanol–water partition coefficient (Wildman–Crippen LogP) is 2.79. The summed E-state index contributed by atoms with van der Waals surface area (Å²) in [7, 11) is 0. The molecule has 3 heterocycles. The van der Waals surface area contributed by atoms with E-state index in [0.29, 0.717) is 48.9 Å². The molecule has 0 spiro atoms. The predicted molar refractivity (Wildman–Crippen MR) is 117 cm³/mol. The van der Waals surface area contributed by atoms with Gasteiger partial charge in [-0.25, -0.2) is 4.98 Å². The maximum Gasteiger partial charge on any atom is 0.573 e. The maximum absolute atomic E-state index is 13.1. The van der Waals surface area contributed by atoms with E-state index in [1.807, 2.05) is 0 Å². The molecule has 1 unspecified atom stereocenters. The zero-order valence-corrected chi connectivity index (χ0v) is 18.5. The van der Waals surface area contributed by atoms with Crippen LogP contribution in [0.2, 0.25) is 0 Å². The van der Waals surface area contributed by atoms with Crippen LogP contribution in [0.4, 0.5) is 19.0 Å². The first kappa shape index (κ1) is 23.3. The van der Waals surface area contributed by atoms with Crippen LogP contribution in [0.1, 0.15) is 13.8 Å². The number of aromatic nitrogens is 3. The standard InChI is InChI=1S/C22H23F3N6O3/c1-14(21(33)30-11-9-29(10-12-30)15(2)32)27-20-19(28-18-13-26-7-8-31(18)20)16-3-5-17(6-4-16)34-22(23,24)25/h3-8,13-14,27H,9-12H2,1-2H3. The van der Waals surface area contributed by atoms with Crippen LogP contribution >= 0.6 is 0 Å². The molecule has 0 bridgehead atoms. The Kier molecular flexibility index (Phi) is 6.31. The Morgan fingerprint density at radius 3 is 2.35 bits per heavy atom. The monoisotopic (exact) mass is 476 g/mol. The van der Waals surface area contributed by atoms with Gasteiger partial charge >= 0.3 is 6.36 Å². The second kappa shape index (κ2) is 9.20. The highest BCUT2D eigenvalue weighted by Crippen LogP contribution is 2.31. The molecule has 1 saturated heterocycles. The van der Waals surface area contributed by atoms with E-state index in [2.05, 4.69) is 20.0 Å². The molecule has 1 N–H and O–H groups in total. The molecular formula is C22H23F3N6O3. The summed E-state index contributed by atoms with van der Waals surface area (Å²) in [6, 6.07) is 4.73. The van der Waals surface area contributed by atoms with Crippen LogP contribution in [0, 0.1) is 0 Å². The molecule has 2 aromatic heterocycles. The number of carbonyl (C=O) groups excluding carboxylic acids is 2. The number of anilines is 1. The van der Waals surface area contributed by atoms with Gasteiger partial charge in [0, 0.05) is 51.1 Å². The molecule has 0 aliphatic carbocycles. The van der Waals surface area contributed by atoms with E-state index in [-0.39, 0.29) is 17.6 Å². The summed E-state index contributed by atoms with van der Waals surface area (Å²) in [4.78, 5) is 36.6. The van der Waals surface area contributed by atoms with Crippen LogP contribution < -0.4 is 10.1 Å². The van der Waals surface area contributed by atoms with E-state index >= 15 is 0 Å². The van der Waals surface area contributed by atoms with E-state index in [1.165, 1.54) is 31.2 Å². The van der Waals surface area contributed by atoms with Gasteiger partial charge in [-0.15, -0.1) is 13.2 Å². The average Bonchev–Trinajstić information content (AvgIpc) is 3.16. The van der Waals surface area contributed by atoms with Gasteiger partial charge in [-0.2, -0.15) is 0 Å². The molecule has 12 heteroatoms. The molecule has 1 fully saturated rings. The van der Waals surface area contributed by atoms with Crippen LogP contribution in [0.3, 0.4) is 0 Å². The SMILES string of the molecule is CC(=O)N1CCN(C(=O)C(C)Nc2c(-c3ccc(OC(F)(F)F)cc3)nc3cnccn23)CC1. The highest BCUT2D eigenvalue weighted by molar-refractivity contribution is 5.87. The largest absolute Gasteiger partial charge is 0.573 e. The molecule has 1 aromatic carbocycles. The minimum absolute atomic E-state index is 0.0195. The molecule has 180 valence electrons. The molecule has 9 nitrogen and oxygen atoms in total. The van der Waals surface area contributed by atoms with Gasteiger partial charge in [0.05, 0.1) is 6.20 Å². The van der Waals surface area contributed by atoms with Crippen molar-refractivity contribution in [3.8, 4) is 17.0 Å². The van der Waals surface area contributed by atoms with Crippen molar-refractivity contribution >= 4 is 23.3 Å². The number of imidazole rings is 1. The minimum atomic E-state index is -4.78. The number of ether oxygens (including phenoxy) is 1. The second-order valence-corrected chi connectivity index (χ2v) is 7.88. The number of carbonyl (C=O) groups is 2. The Labute approximate surface area is 193 Å². The Morgan fingerprint density at radius 2 is 1.74 bits per heavy atom. The van der Waals surface area contributed by atoms with Crippen LogP contribution in [0.15, 0.2) is 42.9 Å². The van der Waals surface area contributed by atoms with Crippen molar-refractivity contribution in [2.45, 2.75) is 26.3 Å². The summed E-state index contributed by atoms with van der Waals surface area (Å²) in [5.41, 5.74) is 1.49. The van der Waals surface area contributed by atoms with Gasteiger partial charge < -0.3 is 19.9 Å². The lowest BCUT2D eigenvalue weighted by Crippen LogP contribution is -2.53. The number of piperazine rings is 1. The van der Waals surface area contributed by atoms with Gasteiger partial charge in [0.1, 0.15) is 23.3 Å². The molecule has 3 aromatic rings. The number of nitrogens with one attached hydrogen (secondary N) is 1. The number of hydrogen-bond acceptors (Lipinski definition) is 6. The molecule has 0 saturated carbocycles.